The number of hydrogen-bond donors (Lipinski definition) is 0. The molecule has 0 radical (unpaired) electrons. The minimum absolute atomic E-state index is 0.643. The molecular formula is C22H26N4O. The van der Waals surface area contributed by atoms with Gasteiger partial charge in [-0.3, -0.25) is 9.88 Å². The van der Waals surface area contributed by atoms with Gasteiger partial charge in [0.05, 0.1) is 7.11 Å². The van der Waals surface area contributed by atoms with Gasteiger partial charge in [0.2, 0.25) is 0 Å². The minimum Gasteiger partial charge on any atom is -0.497 e. The lowest BCUT2D eigenvalue weighted by Gasteiger charge is -2.18. The first-order valence-electron chi connectivity index (χ1n) is 9.51. The Labute approximate surface area is 160 Å². The fourth-order valence-electron chi connectivity index (χ4n) is 3.92. The van der Waals surface area contributed by atoms with Gasteiger partial charge in [-0.25, -0.2) is 4.98 Å². The second-order valence-electron chi connectivity index (χ2n) is 7.31. The minimum atomic E-state index is 0.643. The van der Waals surface area contributed by atoms with Crippen molar-refractivity contribution in [1.29, 1.82) is 0 Å². The standard InChI is InChI=1S/C22H26N4O/c1-17-13-24-22(20-6-9-23-10-7-20)26(17)16-19-8-11-25(15-19)14-18-4-3-5-21(12-18)27-2/h3-7,9-10,12-13,19H,8,11,14-16H2,1-2H3. The van der Waals surface area contributed by atoms with Gasteiger partial charge in [-0.05, 0) is 55.6 Å². The molecule has 3 heterocycles. The Morgan fingerprint density at radius 3 is 2.85 bits per heavy atom. The number of benzene rings is 1. The summed E-state index contributed by atoms with van der Waals surface area (Å²) in [4.78, 5) is 11.3. The summed E-state index contributed by atoms with van der Waals surface area (Å²) < 4.78 is 7.70. The summed E-state index contributed by atoms with van der Waals surface area (Å²) in [6.45, 7) is 6.39. The molecule has 0 bridgehead atoms. The van der Waals surface area contributed by atoms with E-state index in [0.29, 0.717) is 5.92 Å². The molecule has 3 aromatic rings. The lowest BCUT2D eigenvalue weighted by atomic mass is 10.1. The van der Waals surface area contributed by atoms with Crippen molar-refractivity contribution in [2.45, 2.75) is 26.4 Å². The third-order valence-corrected chi connectivity index (χ3v) is 5.34. The van der Waals surface area contributed by atoms with E-state index >= 15 is 0 Å². The van der Waals surface area contributed by atoms with Gasteiger partial charge in [0.1, 0.15) is 11.6 Å². The van der Waals surface area contributed by atoms with Crippen LogP contribution in [0.15, 0.2) is 55.0 Å². The van der Waals surface area contributed by atoms with Crippen LogP contribution in [-0.4, -0.2) is 39.6 Å². The zero-order chi connectivity index (χ0) is 18.6. The molecule has 0 aliphatic carbocycles. The maximum absolute atomic E-state index is 5.35. The number of imidazole rings is 1. The summed E-state index contributed by atoms with van der Waals surface area (Å²) in [5.41, 5.74) is 3.66. The quantitative estimate of drug-likeness (QED) is 0.669. The summed E-state index contributed by atoms with van der Waals surface area (Å²) in [5, 5.41) is 0. The molecule has 140 valence electrons. The van der Waals surface area contributed by atoms with Crippen molar-refractivity contribution in [2.24, 2.45) is 5.92 Å². The molecule has 1 atom stereocenters. The largest absolute Gasteiger partial charge is 0.497 e. The molecule has 1 aliphatic heterocycles. The normalized spacial score (nSPS) is 17.3. The van der Waals surface area contributed by atoms with Crippen LogP contribution in [-0.2, 0) is 13.1 Å². The molecule has 0 N–H and O–H groups in total. The van der Waals surface area contributed by atoms with E-state index in [9.17, 15) is 0 Å². The van der Waals surface area contributed by atoms with Gasteiger partial charge in [0, 0.05) is 49.5 Å². The van der Waals surface area contributed by atoms with E-state index in [1.54, 1.807) is 7.11 Å². The van der Waals surface area contributed by atoms with Crippen LogP contribution in [0.25, 0.3) is 11.4 Å². The van der Waals surface area contributed by atoms with E-state index in [4.69, 9.17) is 4.74 Å². The third kappa shape index (κ3) is 4.03. The van der Waals surface area contributed by atoms with Crippen molar-refractivity contribution in [3.63, 3.8) is 0 Å². The van der Waals surface area contributed by atoms with Crippen LogP contribution in [0.3, 0.4) is 0 Å². The Morgan fingerprint density at radius 1 is 1.19 bits per heavy atom. The predicted molar refractivity (Wildman–Crippen MR) is 107 cm³/mol. The van der Waals surface area contributed by atoms with Gasteiger partial charge in [0.25, 0.3) is 0 Å². The van der Waals surface area contributed by atoms with Crippen molar-refractivity contribution in [3.8, 4) is 17.1 Å². The number of likely N-dealkylation sites (tertiary alicyclic amines) is 1. The second kappa shape index (κ2) is 7.92. The smallest absolute Gasteiger partial charge is 0.140 e. The van der Waals surface area contributed by atoms with Crippen LogP contribution >= 0.6 is 0 Å². The molecule has 0 amide bonds. The number of methoxy groups -OCH3 is 1. The van der Waals surface area contributed by atoms with Gasteiger partial charge in [-0.15, -0.1) is 0 Å². The second-order valence-corrected chi connectivity index (χ2v) is 7.31. The monoisotopic (exact) mass is 362 g/mol. The molecule has 1 saturated heterocycles. The van der Waals surface area contributed by atoms with E-state index in [1.165, 1.54) is 17.7 Å². The fraction of sp³-hybridized carbons (Fsp3) is 0.364. The average molecular weight is 362 g/mol. The van der Waals surface area contributed by atoms with Gasteiger partial charge in [0.15, 0.2) is 0 Å². The Balaban J connectivity index is 1.42. The van der Waals surface area contributed by atoms with Crippen LogP contribution in [0.2, 0.25) is 0 Å². The number of ether oxygens (including phenoxy) is 1. The van der Waals surface area contributed by atoms with E-state index in [-0.39, 0.29) is 0 Å². The van der Waals surface area contributed by atoms with Crippen LogP contribution in [0.5, 0.6) is 5.75 Å². The number of nitrogens with zero attached hydrogens (tertiary/aromatic N) is 4. The molecule has 0 spiro atoms. The van der Waals surface area contributed by atoms with Crippen LogP contribution in [0.4, 0.5) is 0 Å². The topological polar surface area (TPSA) is 43.2 Å². The highest BCUT2D eigenvalue weighted by molar-refractivity contribution is 5.55. The predicted octanol–water partition coefficient (Wildman–Crippen LogP) is 3.78. The van der Waals surface area contributed by atoms with Gasteiger partial charge in [-0.1, -0.05) is 12.1 Å². The van der Waals surface area contributed by atoms with Gasteiger partial charge in [-0.2, -0.15) is 0 Å². The molecule has 2 aromatic heterocycles. The molecular weight excluding hydrogens is 336 g/mol. The molecule has 1 fully saturated rings. The number of aromatic nitrogens is 3. The maximum atomic E-state index is 5.35. The molecule has 1 aromatic carbocycles. The fourth-order valence-corrected chi connectivity index (χ4v) is 3.92. The summed E-state index contributed by atoms with van der Waals surface area (Å²) in [5.74, 6) is 2.62. The number of rotatable bonds is 6. The number of aryl methyl sites for hydroxylation is 1. The van der Waals surface area contributed by atoms with E-state index in [1.807, 2.05) is 36.8 Å². The molecule has 4 rings (SSSR count). The van der Waals surface area contributed by atoms with Crippen LogP contribution < -0.4 is 4.74 Å². The summed E-state index contributed by atoms with van der Waals surface area (Å²) in [6.07, 6.45) is 6.85. The highest BCUT2D eigenvalue weighted by atomic mass is 16.5. The Bertz CT molecular complexity index is 890. The van der Waals surface area contributed by atoms with Gasteiger partial charge < -0.3 is 9.30 Å². The third-order valence-electron chi connectivity index (χ3n) is 5.34. The first-order chi connectivity index (χ1) is 13.2. The molecule has 5 nitrogen and oxygen atoms in total. The SMILES string of the molecule is COc1cccc(CN2CCC(Cn3c(C)cnc3-c3ccncc3)C2)c1. The van der Waals surface area contributed by atoms with Gasteiger partial charge >= 0.3 is 0 Å². The summed E-state index contributed by atoms with van der Waals surface area (Å²) in [7, 11) is 1.72. The molecule has 1 unspecified atom stereocenters. The first-order valence-corrected chi connectivity index (χ1v) is 9.51. The Kier molecular flexibility index (Phi) is 5.21. The average Bonchev–Trinajstić information content (AvgIpc) is 3.30. The van der Waals surface area contributed by atoms with E-state index in [2.05, 4.69) is 44.6 Å². The first kappa shape index (κ1) is 17.7. The van der Waals surface area contributed by atoms with Crippen molar-refractivity contribution in [2.75, 3.05) is 20.2 Å². The lowest BCUT2D eigenvalue weighted by molar-refractivity contribution is 0.308. The molecule has 1 aliphatic rings. The van der Waals surface area contributed by atoms with E-state index < -0.39 is 0 Å². The highest BCUT2D eigenvalue weighted by Crippen LogP contribution is 2.25. The number of pyridine rings is 1. The molecule has 5 heteroatoms. The van der Waals surface area contributed by atoms with Crippen molar-refractivity contribution in [3.05, 3.63) is 66.2 Å². The van der Waals surface area contributed by atoms with Crippen LogP contribution in [0.1, 0.15) is 17.7 Å². The highest BCUT2D eigenvalue weighted by Gasteiger charge is 2.24. The number of hydrogen-bond acceptors (Lipinski definition) is 4. The van der Waals surface area contributed by atoms with E-state index in [0.717, 1.165) is 43.3 Å². The summed E-state index contributed by atoms with van der Waals surface area (Å²) in [6, 6.07) is 12.4. The zero-order valence-electron chi connectivity index (χ0n) is 16.0. The molecule has 27 heavy (non-hydrogen) atoms. The van der Waals surface area contributed by atoms with Crippen molar-refractivity contribution < 1.29 is 4.74 Å². The summed E-state index contributed by atoms with van der Waals surface area (Å²) >= 11 is 0. The van der Waals surface area contributed by atoms with Crippen LogP contribution in [0, 0.1) is 12.8 Å². The Morgan fingerprint density at radius 2 is 2.04 bits per heavy atom. The zero-order valence-corrected chi connectivity index (χ0v) is 16.0. The van der Waals surface area contributed by atoms with Crippen molar-refractivity contribution >= 4 is 0 Å². The molecule has 0 saturated carbocycles. The van der Waals surface area contributed by atoms with Crippen molar-refractivity contribution in [1.82, 2.24) is 19.4 Å². The lowest BCUT2D eigenvalue weighted by Crippen LogP contribution is -2.22. The maximum Gasteiger partial charge on any atom is 0.140 e. The Hall–Kier alpha value is -2.66.